The zero-order valence-corrected chi connectivity index (χ0v) is 7.04. The molecule has 0 fully saturated rings. The number of allylic oxidation sites excluding steroid dienone is 3. The van der Waals surface area contributed by atoms with E-state index in [9.17, 15) is 4.79 Å². The van der Waals surface area contributed by atoms with Crippen molar-refractivity contribution in [2.45, 2.75) is 19.8 Å². The molecule has 0 atom stereocenters. The van der Waals surface area contributed by atoms with Crippen molar-refractivity contribution in [1.82, 2.24) is 0 Å². The molecule has 0 aliphatic rings. The Morgan fingerprint density at radius 2 is 2.18 bits per heavy atom. The highest BCUT2D eigenvalue weighted by atomic mass is 16.5. The molecule has 0 aromatic heterocycles. The minimum Gasteiger partial charge on any atom is -0.466 e. The second-order valence-electron chi connectivity index (χ2n) is 2.10. The van der Waals surface area contributed by atoms with Crippen LogP contribution in [0.2, 0.25) is 0 Å². The van der Waals surface area contributed by atoms with Crippen molar-refractivity contribution in [3.8, 4) is 0 Å². The van der Waals surface area contributed by atoms with Crippen molar-refractivity contribution in [3.05, 3.63) is 24.3 Å². The van der Waals surface area contributed by atoms with Crippen LogP contribution in [-0.4, -0.2) is 13.1 Å². The summed E-state index contributed by atoms with van der Waals surface area (Å²) >= 11 is 0. The van der Waals surface area contributed by atoms with Crippen LogP contribution in [0.4, 0.5) is 0 Å². The molecular formula is C9H14O2. The van der Waals surface area contributed by atoms with Gasteiger partial charge in [-0.15, -0.1) is 0 Å². The summed E-state index contributed by atoms with van der Waals surface area (Å²) in [6, 6.07) is 0. The smallest absolute Gasteiger partial charge is 0.330 e. The first-order valence-electron chi connectivity index (χ1n) is 3.72. The van der Waals surface area contributed by atoms with Crippen LogP contribution in [-0.2, 0) is 9.53 Å². The molecule has 11 heavy (non-hydrogen) atoms. The highest BCUT2D eigenvalue weighted by Gasteiger charge is 1.85. The van der Waals surface area contributed by atoms with Crippen molar-refractivity contribution in [2.75, 3.05) is 7.11 Å². The fourth-order valence-corrected chi connectivity index (χ4v) is 0.544. The van der Waals surface area contributed by atoms with Gasteiger partial charge in [-0.3, -0.25) is 0 Å². The summed E-state index contributed by atoms with van der Waals surface area (Å²) in [5.74, 6) is -0.314. The quantitative estimate of drug-likeness (QED) is 0.352. The van der Waals surface area contributed by atoms with E-state index >= 15 is 0 Å². The summed E-state index contributed by atoms with van der Waals surface area (Å²) in [6.45, 7) is 2.11. The van der Waals surface area contributed by atoms with Gasteiger partial charge in [0.05, 0.1) is 7.11 Å². The van der Waals surface area contributed by atoms with Gasteiger partial charge in [0.1, 0.15) is 0 Å². The van der Waals surface area contributed by atoms with Crippen LogP contribution in [0.3, 0.4) is 0 Å². The Kier molecular flexibility index (Phi) is 6.39. The lowest BCUT2D eigenvalue weighted by Gasteiger charge is -1.86. The third-order valence-electron chi connectivity index (χ3n) is 1.14. The number of methoxy groups -OCH3 is 1. The Morgan fingerprint density at radius 3 is 2.73 bits per heavy atom. The number of hydrogen-bond donors (Lipinski definition) is 0. The van der Waals surface area contributed by atoms with E-state index in [0.29, 0.717) is 0 Å². The van der Waals surface area contributed by atoms with E-state index < -0.39 is 0 Å². The van der Waals surface area contributed by atoms with E-state index in [1.807, 2.05) is 12.2 Å². The average molecular weight is 154 g/mol. The van der Waals surface area contributed by atoms with Gasteiger partial charge in [-0.1, -0.05) is 31.6 Å². The van der Waals surface area contributed by atoms with Crippen LogP contribution in [0.15, 0.2) is 24.3 Å². The maximum atomic E-state index is 10.5. The second kappa shape index (κ2) is 7.06. The number of carbonyl (C=O) groups is 1. The van der Waals surface area contributed by atoms with Crippen molar-refractivity contribution in [1.29, 1.82) is 0 Å². The predicted molar refractivity (Wildman–Crippen MR) is 45.2 cm³/mol. The van der Waals surface area contributed by atoms with Crippen molar-refractivity contribution < 1.29 is 9.53 Å². The molecule has 2 nitrogen and oxygen atoms in total. The molecule has 0 unspecified atom stereocenters. The Morgan fingerprint density at radius 1 is 1.45 bits per heavy atom. The lowest BCUT2D eigenvalue weighted by atomic mass is 10.3. The van der Waals surface area contributed by atoms with Crippen molar-refractivity contribution >= 4 is 5.97 Å². The number of carbonyl (C=O) groups excluding carboxylic acids is 1. The lowest BCUT2D eigenvalue weighted by Crippen LogP contribution is -1.92. The Bertz CT molecular complexity index is 157. The summed E-state index contributed by atoms with van der Waals surface area (Å²) < 4.78 is 4.40. The minimum atomic E-state index is -0.314. The molecule has 0 radical (unpaired) electrons. The van der Waals surface area contributed by atoms with Crippen LogP contribution < -0.4 is 0 Å². The first-order valence-corrected chi connectivity index (χ1v) is 3.72. The van der Waals surface area contributed by atoms with Gasteiger partial charge in [-0.05, 0) is 6.42 Å². The molecule has 0 aliphatic carbocycles. The molecule has 0 heterocycles. The second-order valence-corrected chi connectivity index (χ2v) is 2.10. The van der Waals surface area contributed by atoms with Gasteiger partial charge in [0.25, 0.3) is 0 Å². The molecule has 2 heteroatoms. The van der Waals surface area contributed by atoms with Crippen LogP contribution in [0, 0.1) is 0 Å². The molecule has 0 amide bonds. The normalized spacial score (nSPS) is 11.1. The zero-order chi connectivity index (χ0) is 8.53. The van der Waals surface area contributed by atoms with Gasteiger partial charge in [0, 0.05) is 6.08 Å². The van der Waals surface area contributed by atoms with Gasteiger partial charge in [0.15, 0.2) is 0 Å². The molecule has 0 saturated carbocycles. The highest BCUT2D eigenvalue weighted by Crippen LogP contribution is 1.88. The SMILES string of the molecule is CCC/C=C\C=CC(=O)OC. The van der Waals surface area contributed by atoms with Crippen LogP contribution in [0.25, 0.3) is 0 Å². The summed E-state index contributed by atoms with van der Waals surface area (Å²) in [7, 11) is 1.36. The Balaban J connectivity index is 3.50. The van der Waals surface area contributed by atoms with Crippen LogP contribution in [0.1, 0.15) is 19.8 Å². The first kappa shape index (κ1) is 9.95. The summed E-state index contributed by atoms with van der Waals surface area (Å²) in [5, 5.41) is 0. The molecule has 0 N–H and O–H groups in total. The Hall–Kier alpha value is -1.05. The van der Waals surface area contributed by atoms with E-state index in [1.54, 1.807) is 6.08 Å². The van der Waals surface area contributed by atoms with Crippen molar-refractivity contribution in [2.24, 2.45) is 0 Å². The fourth-order valence-electron chi connectivity index (χ4n) is 0.544. The predicted octanol–water partition coefficient (Wildman–Crippen LogP) is 2.07. The Labute approximate surface area is 67.6 Å². The molecule has 0 saturated heterocycles. The number of esters is 1. The monoisotopic (exact) mass is 154 g/mol. The molecule has 0 bridgehead atoms. The third-order valence-corrected chi connectivity index (χ3v) is 1.14. The maximum absolute atomic E-state index is 10.5. The van der Waals surface area contributed by atoms with Crippen molar-refractivity contribution in [3.63, 3.8) is 0 Å². The number of rotatable bonds is 4. The van der Waals surface area contributed by atoms with Gasteiger partial charge in [0.2, 0.25) is 0 Å². The molecule has 0 aromatic carbocycles. The average Bonchev–Trinajstić information content (AvgIpc) is 2.04. The molecular weight excluding hydrogens is 140 g/mol. The summed E-state index contributed by atoms with van der Waals surface area (Å²) in [5.41, 5.74) is 0. The highest BCUT2D eigenvalue weighted by molar-refractivity contribution is 5.82. The number of hydrogen-bond acceptors (Lipinski definition) is 2. The number of ether oxygens (including phenoxy) is 1. The topological polar surface area (TPSA) is 26.3 Å². The van der Waals surface area contributed by atoms with E-state index in [2.05, 4.69) is 11.7 Å². The van der Waals surface area contributed by atoms with Gasteiger partial charge in [-0.25, -0.2) is 4.79 Å². The molecule has 62 valence electrons. The lowest BCUT2D eigenvalue weighted by molar-refractivity contribution is -0.134. The van der Waals surface area contributed by atoms with E-state index in [0.717, 1.165) is 12.8 Å². The summed E-state index contributed by atoms with van der Waals surface area (Å²) in [4.78, 5) is 10.5. The van der Waals surface area contributed by atoms with E-state index in [4.69, 9.17) is 0 Å². The largest absolute Gasteiger partial charge is 0.466 e. The van der Waals surface area contributed by atoms with Crippen LogP contribution in [0.5, 0.6) is 0 Å². The van der Waals surface area contributed by atoms with Crippen LogP contribution >= 0.6 is 0 Å². The molecule has 0 aliphatic heterocycles. The molecule has 0 spiro atoms. The maximum Gasteiger partial charge on any atom is 0.330 e. The third kappa shape index (κ3) is 6.84. The fraction of sp³-hybridized carbons (Fsp3) is 0.444. The minimum absolute atomic E-state index is 0.314. The van der Waals surface area contributed by atoms with E-state index in [-0.39, 0.29) is 5.97 Å². The molecule has 0 aromatic rings. The zero-order valence-electron chi connectivity index (χ0n) is 7.04. The van der Waals surface area contributed by atoms with Gasteiger partial charge >= 0.3 is 5.97 Å². The van der Waals surface area contributed by atoms with Gasteiger partial charge < -0.3 is 4.74 Å². The standard InChI is InChI=1S/C9H14O2/c1-3-4-5-6-7-8-9(10)11-2/h5-8H,3-4H2,1-2H3/b6-5-,8-7?. The molecule has 0 rings (SSSR count). The number of unbranched alkanes of at least 4 members (excludes halogenated alkanes) is 1. The first-order chi connectivity index (χ1) is 5.31. The van der Waals surface area contributed by atoms with E-state index in [1.165, 1.54) is 13.2 Å². The van der Waals surface area contributed by atoms with Gasteiger partial charge in [-0.2, -0.15) is 0 Å². The summed E-state index contributed by atoms with van der Waals surface area (Å²) in [6.07, 6.45) is 9.11.